The summed E-state index contributed by atoms with van der Waals surface area (Å²) in [6.07, 6.45) is -0.144. The number of amides is 1. The van der Waals surface area contributed by atoms with Gasteiger partial charge in [0.15, 0.2) is 0 Å². The summed E-state index contributed by atoms with van der Waals surface area (Å²) in [6, 6.07) is 0.262. The summed E-state index contributed by atoms with van der Waals surface area (Å²) in [6.45, 7) is 1.47. The first-order valence-electron chi connectivity index (χ1n) is 5.47. The van der Waals surface area contributed by atoms with E-state index in [1.165, 1.54) is 7.11 Å². The van der Waals surface area contributed by atoms with Crippen LogP contribution in [0.2, 0.25) is 0 Å². The monoisotopic (exact) mass is 248 g/mol. The molecule has 0 aromatic heterocycles. The van der Waals surface area contributed by atoms with Crippen LogP contribution in [-0.2, 0) is 9.53 Å². The molecular formula is C10H20N2O3S. The first kappa shape index (κ1) is 13.8. The van der Waals surface area contributed by atoms with Crippen LogP contribution in [0.4, 0.5) is 0 Å². The Bertz CT molecular complexity index is 210. The molecular weight excluding hydrogens is 228 g/mol. The van der Waals surface area contributed by atoms with Gasteiger partial charge in [-0.3, -0.25) is 4.79 Å². The van der Waals surface area contributed by atoms with Gasteiger partial charge in [-0.2, -0.15) is 11.8 Å². The minimum atomic E-state index is -0.623. The molecule has 3 N–H and O–H groups in total. The van der Waals surface area contributed by atoms with Crippen LogP contribution in [0, 0.1) is 0 Å². The van der Waals surface area contributed by atoms with Gasteiger partial charge in [0.2, 0.25) is 5.91 Å². The fraction of sp³-hybridized carbons (Fsp3) is 0.900. The second kappa shape index (κ2) is 7.89. The van der Waals surface area contributed by atoms with Crippen LogP contribution < -0.4 is 10.6 Å². The molecule has 6 heteroatoms. The molecule has 0 aromatic rings. The Morgan fingerprint density at radius 2 is 2.56 bits per heavy atom. The lowest BCUT2D eigenvalue weighted by atomic mass is 10.2. The van der Waals surface area contributed by atoms with Gasteiger partial charge < -0.3 is 20.5 Å². The zero-order valence-electron chi connectivity index (χ0n) is 9.57. The fourth-order valence-electron chi connectivity index (χ4n) is 1.53. The number of ether oxygens (including phenoxy) is 1. The Hall–Kier alpha value is -0.300. The van der Waals surface area contributed by atoms with Crippen molar-refractivity contribution in [3.63, 3.8) is 0 Å². The third-order valence-corrected chi connectivity index (χ3v) is 3.46. The summed E-state index contributed by atoms with van der Waals surface area (Å²) in [5, 5.41) is 15.3. The van der Waals surface area contributed by atoms with Crippen molar-refractivity contribution in [3.05, 3.63) is 0 Å². The van der Waals surface area contributed by atoms with Crippen molar-refractivity contribution in [2.24, 2.45) is 0 Å². The molecule has 0 aromatic carbocycles. The lowest BCUT2D eigenvalue weighted by Crippen LogP contribution is -2.42. The van der Waals surface area contributed by atoms with Gasteiger partial charge in [-0.05, 0) is 0 Å². The molecule has 2 unspecified atom stereocenters. The summed E-state index contributed by atoms with van der Waals surface area (Å²) in [7, 11) is 1.52. The van der Waals surface area contributed by atoms with E-state index in [0.717, 1.165) is 18.1 Å². The number of hydrogen-bond donors (Lipinski definition) is 3. The van der Waals surface area contributed by atoms with E-state index in [9.17, 15) is 9.90 Å². The van der Waals surface area contributed by atoms with Gasteiger partial charge >= 0.3 is 0 Å². The van der Waals surface area contributed by atoms with Gasteiger partial charge in [0, 0.05) is 44.2 Å². The third-order valence-electron chi connectivity index (χ3n) is 2.32. The van der Waals surface area contributed by atoms with Crippen LogP contribution >= 0.6 is 11.8 Å². The molecule has 0 aliphatic carbocycles. The molecule has 2 atom stereocenters. The molecule has 5 nitrogen and oxygen atoms in total. The summed E-state index contributed by atoms with van der Waals surface area (Å²) >= 11 is 1.87. The van der Waals surface area contributed by atoms with Crippen LogP contribution in [0.15, 0.2) is 0 Å². The van der Waals surface area contributed by atoms with Crippen LogP contribution in [0.3, 0.4) is 0 Å². The van der Waals surface area contributed by atoms with E-state index in [1.807, 2.05) is 11.8 Å². The molecule has 1 amide bonds. The van der Waals surface area contributed by atoms with Gasteiger partial charge in [0.05, 0.1) is 12.7 Å². The van der Waals surface area contributed by atoms with E-state index in [1.54, 1.807) is 0 Å². The van der Waals surface area contributed by atoms with Gasteiger partial charge in [-0.15, -0.1) is 0 Å². The van der Waals surface area contributed by atoms with E-state index < -0.39 is 6.10 Å². The normalized spacial score (nSPS) is 22.8. The summed E-state index contributed by atoms with van der Waals surface area (Å²) < 4.78 is 4.77. The third kappa shape index (κ3) is 5.69. The van der Waals surface area contributed by atoms with Crippen molar-refractivity contribution < 1.29 is 14.6 Å². The average Bonchev–Trinajstić information content (AvgIpc) is 2.28. The number of nitrogens with one attached hydrogen (secondary N) is 2. The van der Waals surface area contributed by atoms with E-state index in [4.69, 9.17) is 4.74 Å². The molecule has 0 bridgehead atoms. The number of methoxy groups -OCH3 is 1. The number of hydrogen-bond acceptors (Lipinski definition) is 5. The number of carbonyl (C=O) groups is 1. The van der Waals surface area contributed by atoms with Crippen molar-refractivity contribution in [2.75, 3.05) is 38.3 Å². The van der Waals surface area contributed by atoms with Crippen molar-refractivity contribution in [3.8, 4) is 0 Å². The maximum Gasteiger partial charge on any atom is 0.221 e. The average molecular weight is 248 g/mol. The zero-order chi connectivity index (χ0) is 11.8. The summed E-state index contributed by atoms with van der Waals surface area (Å²) in [4.78, 5) is 11.5. The molecule has 1 saturated heterocycles. The first-order chi connectivity index (χ1) is 7.72. The number of carbonyl (C=O) groups excluding carboxylic acids is 1. The minimum Gasteiger partial charge on any atom is -0.389 e. The highest BCUT2D eigenvalue weighted by molar-refractivity contribution is 7.99. The van der Waals surface area contributed by atoms with Crippen LogP contribution in [0.25, 0.3) is 0 Å². The smallest absolute Gasteiger partial charge is 0.221 e. The Morgan fingerprint density at radius 1 is 1.75 bits per heavy atom. The molecule has 94 valence electrons. The predicted molar refractivity (Wildman–Crippen MR) is 64.6 cm³/mol. The Morgan fingerprint density at radius 3 is 3.19 bits per heavy atom. The summed E-state index contributed by atoms with van der Waals surface area (Å²) in [5.41, 5.74) is 0. The molecule has 1 rings (SSSR count). The van der Waals surface area contributed by atoms with E-state index in [-0.39, 0.29) is 25.1 Å². The summed E-state index contributed by atoms with van der Waals surface area (Å²) in [5.74, 6) is 2.08. The molecule has 0 spiro atoms. The van der Waals surface area contributed by atoms with Crippen molar-refractivity contribution in [1.82, 2.24) is 10.6 Å². The van der Waals surface area contributed by atoms with Gasteiger partial charge in [0.1, 0.15) is 0 Å². The lowest BCUT2D eigenvalue weighted by Gasteiger charge is -2.22. The van der Waals surface area contributed by atoms with Crippen LogP contribution in [-0.4, -0.2) is 61.5 Å². The molecule has 1 heterocycles. The van der Waals surface area contributed by atoms with Gasteiger partial charge in [0.25, 0.3) is 0 Å². The van der Waals surface area contributed by atoms with Gasteiger partial charge in [-0.1, -0.05) is 0 Å². The van der Waals surface area contributed by atoms with E-state index in [2.05, 4.69) is 10.6 Å². The highest BCUT2D eigenvalue weighted by Gasteiger charge is 2.16. The van der Waals surface area contributed by atoms with Gasteiger partial charge in [-0.25, -0.2) is 0 Å². The highest BCUT2D eigenvalue weighted by Crippen LogP contribution is 2.09. The Labute approximate surface area is 100 Å². The quantitative estimate of drug-likeness (QED) is 0.574. The molecule has 1 fully saturated rings. The Kier molecular flexibility index (Phi) is 6.79. The van der Waals surface area contributed by atoms with Crippen LogP contribution in [0.1, 0.15) is 6.42 Å². The molecule has 0 saturated carbocycles. The maximum absolute atomic E-state index is 11.5. The Balaban J connectivity index is 2.10. The first-order valence-corrected chi connectivity index (χ1v) is 6.62. The maximum atomic E-state index is 11.5. The zero-order valence-corrected chi connectivity index (χ0v) is 10.4. The number of rotatable bonds is 6. The van der Waals surface area contributed by atoms with Crippen molar-refractivity contribution in [1.29, 1.82) is 0 Å². The molecule has 0 radical (unpaired) electrons. The standard InChI is InChI=1S/C10H20N2O3S/c1-15-6-9(13)5-12-10(14)4-8-7-16-3-2-11-8/h8-9,11,13H,2-7H2,1H3,(H,12,14). The molecule has 16 heavy (non-hydrogen) atoms. The van der Waals surface area contributed by atoms with Crippen molar-refractivity contribution in [2.45, 2.75) is 18.6 Å². The second-order valence-electron chi connectivity index (χ2n) is 3.84. The number of aliphatic hydroxyl groups excluding tert-OH is 1. The van der Waals surface area contributed by atoms with Crippen LogP contribution in [0.5, 0.6) is 0 Å². The van der Waals surface area contributed by atoms with E-state index in [0.29, 0.717) is 6.42 Å². The second-order valence-corrected chi connectivity index (χ2v) is 4.99. The highest BCUT2D eigenvalue weighted by atomic mass is 32.2. The largest absolute Gasteiger partial charge is 0.389 e. The number of thioether (sulfide) groups is 1. The molecule has 1 aliphatic heterocycles. The minimum absolute atomic E-state index is 0.0184. The van der Waals surface area contributed by atoms with Crippen molar-refractivity contribution >= 4 is 17.7 Å². The predicted octanol–water partition coefficient (Wildman–Crippen LogP) is -0.795. The lowest BCUT2D eigenvalue weighted by molar-refractivity contribution is -0.122. The van der Waals surface area contributed by atoms with E-state index >= 15 is 0 Å². The number of aliphatic hydroxyl groups is 1. The fourth-order valence-corrected chi connectivity index (χ4v) is 2.48. The SMILES string of the molecule is COCC(O)CNC(=O)CC1CSCCN1. The topological polar surface area (TPSA) is 70.6 Å². The molecule has 1 aliphatic rings.